The number of H-pyrrole nitrogens is 1. The Morgan fingerprint density at radius 1 is 1.00 bits per heavy atom. The first-order valence-electron chi connectivity index (χ1n) is 14.5. The number of nitrogens with zero attached hydrogens (tertiary/aromatic N) is 3. The van der Waals surface area contributed by atoms with E-state index in [1.165, 1.54) is 0 Å². The van der Waals surface area contributed by atoms with Crippen molar-refractivity contribution in [1.29, 1.82) is 0 Å². The highest BCUT2D eigenvalue weighted by molar-refractivity contribution is 7.22. The first kappa shape index (κ1) is 29.9. The van der Waals surface area contributed by atoms with E-state index in [1.807, 2.05) is 76.5 Å². The van der Waals surface area contributed by atoms with Gasteiger partial charge in [0.2, 0.25) is 0 Å². The molecule has 6 aromatic rings. The summed E-state index contributed by atoms with van der Waals surface area (Å²) in [6.07, 6.45) is 2.72. The van der Waals surface area contributed by atoms with Crippen LogP contribution in [0.1, 0.15) is 50.5 Å². The Labute approximate surface area is 265 Å². The second-order valence-electron chi connectivity index (χ2n) is 11.8. The minimum absolute atomic E-state index is 0.253. The molecule has 9 heteroatoms. The molecule has 0 fully saturated rings. The van der Waals surface area contributed by atoms with Crippen molar-refractivity contribution in [2.45, 2.75) is 53.2 Å². The van der Waals surface area contributed by atoms with E-state index >= 15 is 0 Å². The van der Waals surface area contributed by atoms with Crippen LogP contribution in [0.4, 0.5) is 0 Å². The zero-order valence-corrected chi connectivity index (χ0v) is 27.1. The largest absolute Gasteiger partial charge is 0.464 e. The maximum absolute atomic E-state index is 13.4. The van der Waals surface area contributed by atoms with Gasteiger partial charge in [0.25, 0.3) is 0 Å². The van der Waals surface area contributed by atoms with Crippen molar-refractivity contribution in [3.63, 3.8) is 0 Å². The molecule has 3 heterocycles. The Kier molecular flexibility index (Phi) is 8.01. The molecular weight excluding hydrogens is 592 g/mol. The van der Waals surface area contributed by atoms with Crippen molar-refractivity contribution >= 4 is 50.0 Å². The van der Waals surface area contributed by atoms with Crippen LogP contribution in [0.25, 0.3) is 54.1 Å². The molecule has 1 N–H and O–H groups in total. The third-order valence-electron chi connectivity index (χ3n) is 7.34. The van der Waals surface area contributed by atoms with E-state index in [2.05, 4.69) is 40.3 Å². The molecule has 0 saturated carbocycles. The Morgan fingerprint density at radius 2 is 1.77 bits per heavy atom. The van der Waals surface area contributed by atoms with Crippen molar-refractivity contribution in [2.24, 2.45) is 0 Å². The van der Waals surface area contributed by atoms with Crippen LogP contribution in [0.15, 0.2) is 67.0 Å². The highest BCUT2D eigenvalue weighted by Gasteiger charge is 2.33. The van der Waals surface area contributed by atoms with Gasteiger partial charge < -0.3 is 9.47 Å². The highest BCUT2D eigenvalue weighted by Crippen LogP contribution is 2.45. The zero-order valence-electron chi connectivity index (χ0n) is 25.5. The molecule has 0 aliphatic heterocycles. The van der Waals surface area contributed by atoms with Crippen LogP contribution in [0.2, 0.25) is 5.02 Å². The Morgan fingerprint density at radius 3 is 2.50 bits per heavy atom. The predicted molar refractivity (Wildman–Crippen MR) is 178 cm³/mol. The number of aromatic nitrogens is 4. The molecule has 3 aromatic heterocycles. The average Bonchev–Trinajstić information content (AvgIpc) is 3.63. The zero-order chi connectivity index (χ0) is 31.2. The second kappa shape index (κ2) is 11.8. The molecule has 224 valence electrons. The standard InChI is InChI=1S/C35H33ClN4O3S/c1-7-42-34(41)31(43-35(4,5)6)28-19(2)15-27-32(29(28)21-8-10-25(36)11-9-21)44-33(39-27)22-12-13-37-26(17-22)23-14-20(3)30-24(16-23)18-38-40-30/h8-18,31H,7H2,1-6H3,(H,38,40)/t31-/m0/s1. The van der Waals surface area contributed by atoms with Gasteiger partial charge in [-0.15, -0.1) is 11.3 Å². The van der Waals surface area contributed by atoms with E-state index in [9.17, 15) is 4.79 Å². The number of hydrogen-bond acceptors (Lipinski definition) is 7. The summed E-state index contributed by atoms with van der Waals surface area (Å²) in [5, 5.41) is 9.77. The third kappa shape index (κ3) is 5.85. The Balaban J connectivity index is 1.54. The van der Waals surface area contributed by atoms with Gasteiger partial charge in [-0.1, -0.05) is 23.7 Å². The number of halogens is 1. The van der Waals surface area contributed by atoms with Gasteiger partial charge in [0.1, 0.15) is 5.01 Å². The van der Waals surface area contributed by atoms with Gasteiger partial charge in [-0.2, -0.15) is 5.10 Å². The van der Waals surface area contributed by atoms with Gasteiger partial charge in [-0.05, 0) is 101 Å². The van der Waals surface area contributed by atoms with E-state index in [0.29, 0.717) is 5.02 Å². The third-order valence-corrected chi connectivity index (χ3v) is 8.73. The summed E-state index contributed by atoms with van der Waals surface area (Å²) in [7, 11) is 0. The maximum Gasteiger partial charge on any atom is 0.339 e. The number of carbonyl (C=O) groups is 1. The SMILES string of the molecule is CCOC(=O)[C@@H](OC(C)(C)C)c1c(C)cc2nc(-c3ccnc(-c4cc(C)c5[nH]ncc5c4)c3)sc2c1-c1ccc(Cl)cc1. The second-order valence-corrected chi connectivity index (χ2v) is 13.2. The molecule has 7 nitrogen and oxygen atoms in total. The fraction of sp³-hybridized carbons (Fsp3) is 0.257. The van der Waals surface area contributed by atoms with Gasteiger partial charge >= 0.3 is 5.97 Å². The lowest BCUT2D eigenvalue weighted by atomic mass is 9.91. The van der Waals surface area contributed by atoms with Crippen molar-refractivity contribution in [3.05, 3.63) is 88.7 Å². The fourth-order valence-electron chi connectivity index (χ4n) is 5.48. The molecule has 0 aliphatic carbocycles. The normalized spacial score (nSPS) is 12.6. The maximum atomic E-state index is 13.4. The molecule has 0 aliphatic rings. The molecule has 3 aromatic carbocycles. The minimum atomic E-state index is -0.927. The number of aromatic amines is 1. The molecule has 0 radical (unpaired) electrons. The number of ether oxygens (including phenoxy) is 2. The molecule has 0 bridgehead atoms. The number of thiazole rings is 1. The average molecular weight is 625 g/mol. The van der Waals surface area contributed by atoms with Gasteiger partial charge in [-0.3, -0.25) is 10.1 Å². The molecule has 0 spiro atoms. The fourth-order valence-corrected chi connectivity index (χ4v) is 6.72. The number of nitrogens with one attached hydrogen (secondary N) is 1. The van der Waals surface area contributed by atoms with Gasteiger partial charge in [0, 0.05) is 38.9 Å². The summed E-state index contributed by atoms with van der Waals surface area (Å²) in [6, 6.07) is 17.9. The number of hydrogen-bond donors (Lipinski definition) is 1. The number of carbonyl (C=O) groups excluding carboxylic acids is 1. The van der Waals surface area contributed by atoms with E-state index in [4.69, 9.17) is 26.1 Å². The summed E-state index contributed by atoms with van der Waals surface area (Å²) >= 11 is 7.87. The topological polar surface area (TPSA) is 90.0 Å². The number of benzene rings is 3. The van der Waals surface area contributed by atoms with Crippen molar-refractivity contribution in [2.75, 3.05) is 6.61 Å². The van der Waals surface area contributed by atoms with Crippen molar-refractivity contribution in [3.8, 4) is 33.0 Å². The summed E-state index contributed by atoms with van der Waals surface area (Å²) in [5.74, 6) is -0.423. The summed E-state index contributed by atoms with van der Waals surface area (Å²) in [4.78, 5) is 23.2. The summed E-state index contributed by atoms with van der Waals surface area (Å²) in [5.41, 5.74) is 8.64. The predicted octanol–water partition coefficient (Wildman–Crippen LogP) is 9.26. The van der Waals surface area contributed by atoms with Crippen LogP contribution in [-0.2, 0) is 14.3 Å². The quantitative estimate of drug-likeness (QED) is 0.178. The van der Waals surface area contributed by atoms with E-state index in [1.54, 1.807) is 18.3 Å². The lowest BCUT2D eigenvalue weighted by molar-refractivity contribution is -0.166. The molecule has 0 amide bonds. The number of fused-ring (bicyclic) bond motifs is 2. The Hall–Kier alpha value is -4.11. The lowest BCUT2D eigenvalue weighted by Crippen LogP contribution is -2.29. The molecule has 0 saturated heterocycles. The van der Waals surface area contributed by atoms with Crippen LogP contribution in [-0.4, -0.2) is 38.3 Å². The van der Waals surface area contributed by atoms with Gasteiger partial charge in [0.05, 0.1) is 39.8 Å². The van der Waals surface area contributed by atoms with Crippen molar-refractivity contribution in [1.82, 2.24) is 20.2 Å². The van der Waals surface area contributed by atoms with Crippen LogP contribution in [0.3, 0.4) is 0 Å². The summed E-state index contributed by atoms with van der Waals surface area (Å²) in [6.45, 7) is 11.9. The van der Waals surface area contributed by atoms with Crippen LogP contribution >= 0.6 is 22.9 Å². The van der Waals surface area contributed by atoms with E-state index < -0.39 is 17.7 Å². The van der Waals surface area contributed by atoms with Gasteiger partial charge in [-0.25, -0.2) is 9.78 Å². The first-order chi connectivity index (χ1) is 21.0. The molecule has 6 rings (SSSR count). The number of aryl methyl sites for hydroxylation is 2. The number of pyridine rings is 1. The van der Waals surface area contributed by atoms with Crippen LogP contribution in [0, 0.1) is 13.8 Å². The van der Waals surface area contributed by atoms with Crippen LogP contribution in [0.5, 0.6) is 0 Å². The van der Waals surface area contributed by atoms with E-state index in [0.717, 1.165) is 70.8 Å². The molecule has 0 unspecified atom stereocenters. The molecule has 44 heavy (non-hydrogen) atoms. The minimum Gasteiger partial charge on any atom is -0.464 e. The first-order valence-corrected chi connectivity index (χ1v) is 15.7. The van der Waals surface area contributed by atoms with Crippen molar-refractivity contribution < 1.29 is 14.3 Å². The monoisotopic (exact) mass is 624 g/mol. The van der Waals surface area contributed by atoms with Gasteiger partial charge in [0.15, 0.2) is 6.10 Å². The van der Waals surface area contributed by atoms with E-state index in [-0.39, 0.29) is 6.61 Å². The number of esters is 1. The number of rotatable bonds is 7. The van der Waals surface area contributed by atoms with Crippen LogP contribution < -0.4 is 0 Å². The lowest BCUT2D eigenvalue weighted by Gasteiger charge is -2.29. The summed E-state index contributed by atoms with van der Waals surface area (Å²) < 4.78 is 12.9. The highest BCUT2D eigenvalue weighted by atomic mass is 35.5. The smallest absolute Gasteiger partial charge is 0.339 e. The molecule has 1 atom stereocenters. The Bertz CT molecular complexity index is 2010. The molecular formula is C35H33ClN4O3S.